The maximum Gasteiger partial charge on any atom is 0.0910 e. The van der Waals surface area contributed by atoms with Crippen molar-refractivity contribution in [2.45, 2.75) is 39.8 Å². The quantitative estimate of drug-likeness (QED) is 0.799. The summed E-state index contributed by atoms with van der Waals surface area (Å²) >= 11 is 1.80. The molecule has 0 fully saturated rings. The first-order valence-electron chi connectivity index (χ1n) is 5.91. The van der Waals surface area contributed by atoms with Crippen LogP contribution in [-0.2, 0) is 6.54 Å². The van der Waals surface area contributed by atoms with Crippen LogP contribution in [0.5, 0.6) is 0 Å². The minimum Gasteiger partial charge on any atom is -0.387 e. The third kappa shape index (κ3) is 4.58. The highest BCUT2D eigenvalue weighted by Crippen LogP contribution is 2.19. The highest BCUT2D eigenvalue weighted by molar-refractivity contribution is 7.99. The molecule has 0 saturated carbocycles. The van der Waals surface area contributed by atoms with E-state index < -0.39 is 0 Å². The number of hydrogen-bond donors (Lipinski definition) is 1. The molecule has 1 unspecified atom stereocenters. The largest absolute Gasteiger partial charge is 0.387 e. The Morgan fingerprint density at radius 2 is 2.19 bits per heavy atom. The molecule has 92 valence electrons. The zero-order valence-corrected chi connectivity index (χ0v) is 11.2. The molecule has 1 N–H and O–H groups in total. The zero-order chi connectivity index (χ0) is 12.0. The van der Waals surface area contributed by atoms with Gasteiger partial charge in [0.15, 0.2) is 0 Å². The molecule has 1 rings (SSSR count). The van der Waals surface area contributed by atoms with E-state index in [1.807, 2.05) is 10.9 Å². The maximum atomic E-state index is 9.94. The molecule has 3 nitrogen and oxygen atoms in total. The summed E-state index contributed by atoms with van der Waals surface area (Å²) in [5.74, 6) is 2.54. The molecule has 1 aromatic rings. The van der Waals surface area contributed by atoms with Crippen LogP contribution < -0.4 is 0 Å². The Bertz CT molecular complexity index is 299. The number of nitrogens with zero attached hydrogens (tertiary/aromatic N) is 2. The van der Waals surface area contributed by atoms with Crippen LogP contribution in [0.25, 0.3) is 0 Å². The Balaban J connectivity index is 2.36. The first kappa shape index (κ1) is 13.6. The van der Waals surface area contributed by atoms with E-state index in [1.165, 1.54) is 0 Å². The van der Waals surface area contributed by atoms with Gasteiger partial charge in [0.05, 0.1) is 12.3 Å². The van der Waals surface area contributed by atoms with Crippen LogP contribution in [0.1, 0.15) is 38.9 Å². The summed E-state index contributed by atoms with van der Waals surface area (Å²) in [4.78, 5) is 0. The second kappa shape index (κ2) is 6.97. The number of rotatable bonds is 7. The lowest BCUT2D eigenvalue weighted by molar-refractivity contribution is 0.204. The Morgan fingerprint density at radius 1 is 1.44 bits per heavy atom. The van der Waals surface area contributed by atoms with Gasteiger partial charge in [-0.3, -0.25) is 4.68 Å². The van der Waals surface area contributed by atoms with Gasteiger partial charge in [0, 0.05) is 24.1 Å². The third-order valence-corrected chi connectivity index (χ3v) is 3.67. The number of aliphatic hydroxyl groups excluding tert-OH is 1. The summed E-state index contributed by atoms with van der Waals surface area (Å²) in [5, 5.41) is 14.2. The molecule has 0 aromatic carbocycles. The van der Waals surface area contributed by atoms with E-state index >= 15 is 0 Å². The molecule has 1 aromatic heterocycles. The van der Waals surface area contributed by atoms with Gasteiger partial charge in [0.1, 0.15) is 0 Å². The van der Waals surface area contributed by atoms with Gasteiger partial charge in [-0.1, -0.05) is 20.8 Å². The first-order valence-corrected chi connectivity index (χ1v) is 7.07. The average molecular weight is 242 g/mol. The number of hydrogen-bond acceptors (Lipinski definition) is 3. The van der Waals surface area contributed by atoms with Gasteiger partial charge in [-0.15, -0.1) is 0 Å². The van der Waals surface area contributed by atoms with Crippen molar-refractivity contribution >= 4 is 11.8 Å². The molecular weight excluding hydrogens is 220 g/mol. The lowest BCUT2D eigenvalue weighted by Crippen LogP contribution is -2.02. The van der Waals surface area contributed by atoms with Gasteiger partial charge in [-0.2, -0.15) is 16.9 Å². The fourth-order valence-corrected chi connectivity index (χ4v) is 2.44. The minimum absolute atomic E-state index is 0.380. The minimum atomic E-state index is -0.380. The van der Waals surface area contributed by atoms with E-state index in [0.29, 0.717) is 5.92 Å². The Kier molecular flexibility index (Phi) is 5.91. The smallest absolute Gasteiger partial charge is 0.0910 e. The standard InChI is InChI=1S/C12H22N2OS/c1-4-5-14-7-11(6-13-14)12(15)9-16-8-10(2)3/h6-7,10,12,15H,4-5,8-9H2,1-3H3. The summed E-state index contributed by atoms with van der Waals surface area (Å²) in [7, 11) is 0. The van der Waals surface area contributed by atoms with Crippen LogP contribution >= 0.6 is 11.8 Å². The van der Waals surface area contributed by atoms with Crippen LogP contribution in [0.15, 0.2) is 12.4 Å². The van der Waals surface area contributed by atoms with Gasteiger partial charge >= 0.3 is 0 Å². The molecule has 16 heavy (non-hydrogen) atoms. The predicted molar refractivity (Wildman–Crippen MR) is 69.6 cm³/mol. The lowest BCUT2D eigenvalue weighted by Gasteiger charge is -2.09. The van der Waals surface area contributed by atoms with E-state index in [-0.39, 0.29) is 6.10 Å². The number of aryl methyl sites for hydroxylation is 1. The van der Waals surface area contributed by atoms with Gasteiger partial charge < -0.3 is 5.11 Å². The van der Waals surface area contributed by atoms with Crippen molar-refractivity contribution in [3.05, 3.63) is 18.0 Å². The fourth-order valence-electron chi connectivity index (χ4n) is 1.41. The average Bonchev–Trinajstić information content (AvgIpc) is 2.66. The monoisotopic (exact) mass is 242 g/mol. The summed E-state index contributed by atoms with van der Waals surface area (Å²) in [5.41, 5.74) is 0.935. The van der Waals surface area contributed by atoms with Crippen molar-refractivity contribution in [3.63, 3.8) is 0 Å². The van der Waals surface area contributed by atoms with Gasteiger partial charge in [-0.05, 0) is 18.1 Å². The molecule has 0 aliphatic carbocycles. The van der Waals surface area contributed by atoms with Gasteiger partial charge in [0.25, 0.3) is 0 Å². The van der Waals surface area contributed by atoms with Crippen molar-refractivity contribution in [1.29, 1.82) is 0 Å². The third-order valence-electron chi connectivity index (χ3n) is 2.22. The molecule has 0 aliphatic rings. The van der Waals surface area contributed by atoms with Crippen LogP contribution in [0.4, 0.5) is 0 Å². The van der Waals surface area contributed by atoms with Crippen molar-refractivity contribution in [2.24, 2.45) is 5.92 Å². The van der Waals surface area contributed by atoms with Crippen molar-refractivity contribution < 1.29 is 5.11 Å². The highest BCUT2D eigenvalue weighted by atomic mass is 32.2. The van der Waals surface area contributed by atoms with Crippen molar-refractivity contribution in [1.82, 2.24) is 9.78 Å². The lowest BCUT2D eigenvalue weighted by atomic mass is 10.2. The van der Waals surface area contributed by atoms with E-state index in [1.54, 1.807) is 18.0 Å². The van der Waals surface area contributed by atoms with Crippen LogP contribution in [-0.4, -0.2) is 26.4 Å². The maximum absolute atomic E-state index is 9.94. The van der Waals surface area contributed by atoms with E-state index in [0.717, 1.165) is 30.0 Å². The van der Waals surface area contributed by atoms with Crippen LogP contribution in [0, 0.1) is 5.92 Å². The summed E-state index contributed by atoms with van der Waals surface area (Å²) in [6.07, 6.45) is 4.41. The Morgan fingerprint density at radius 3 is 2.81 bits per heavy atom. The van der Waals surface area contributed by atoms with E-state index in [4.69, 9.17) is 0 Å². The number of thioether (sulfide) groups is 1. The predicted octanol–water partition coefficient (Wildman–Crippen LogP) is 2.72. The van der Waals surface area contributed by atoms with Gasteiger partial charge in [0.2, 0.25) is 0 Å². The molecular formula is C12H22N2OS. The number of aromatic nitrogens is 2. The van der Waals surface area contributed by atoms with Crippen LogP contribution in [0.3, 0.4) is 0 Å². The number of aliphatic hydroxyl groups is 1. The van der Waals surface area contributed by atoms with Crippen molar-refractivity contribution in [3.8, 4) is 0 Å². The normalized spacial score (nSPS) is 13.3. The summed E-state index contributed by atoms with van der Waals surface area (Å²) in [6, 6.07) is 0. The zero-order valence-electron chi connectivity index (χ0n) is 10.4. The molecule has 0 amide bonds. The van der Waals surface area contributed by atoms with E-state index in [2.05, 4.69) is 25.9 Å². The molecule has 1 atom stereocenters. The van der Waals surface area contributed by atoms with Crippen molar-refractivity contribution in [2.75, 3.05) is 11.5 Å². The molecule has 1 heterocycles. The fraction of sp³-hybridized carbons (Fsp3) is 0.750. The van der Waals surface area contributed by atoms with E-state index in [9.17, 15) is 5.11 Å². The Labute approximate surface area is 102 Å². The van der Waals surface area contributed by atoms with Crippen LogP contribution in [0.2, 0.25) is 0 Å². The molecule has 0 radical (unpaired) electrons. The molecule has 0 bridgehead atoms. The second-order valence-corrected chi connectivity index (χ2v) is 5.56. The molecule has 0 aliphatic heterocycles. The second-order valence-electron chi connectivity index (χ2n) is 4.48. The SMILES string of the molecule is CCCn1cc(C(O)CSCC(C)C)cn1. The summed E-state index contributed by atoms with van der Waals surface area (Å²) in [6.45, 7) is 7.43. The first-order chi connectivity index (χ1) is 7.63. The molecule has 0 spiro atoms. The topological polar surface area (TPSA) is 38.0 Å². The molecule has 0 saturated heterocycles. The Hall–Kier alpha value is -0.480. The summed E-state index contributed by atoms with van der Waals surface area (Å²) < 4.78 is 1.89. The molecule has 4 heteroatoms. The van der Waals surface area contributed by atoms with Gasteiger partial charge in [-0.25, -0.2) is 0 Å². The highest BCUT2D eigenvalue weighted by Gasteiger charge is 2.10.